The zero-order valence-electron chi connectivity index (χ0n) is 20.8. The van der Waals surface area contributed by atoms with Crippen LogP contribution in [0, 0.1) is 0 Å². The molecule has 0 aliphatic carbocycles. The van der Waals surface area contributed by atoms with E-state index in [9.17, 15) is 27.9 Å². The van der Waals surface area contributed by atoms with Gasteiger partial charge in [0.15, 0.2) is 18.0 Å². The van der Waals surface area contributed by atoms with Crippen molar-refractivity contribution in [3.05, 3.63) is 75.8 Å². The zero-order chi connectivity index (χ0) is 28.7. The minimum Gasteiger partial charge on any atom is -0.482 e. The van der Waals surface area contributed by atoms with E-state index in [0.29, 0.717) is 11.1 Å². The number of aliphatic hydroxyl groups is 1. The lowest BCUT2D eigenvalue weighted by molar-refractivity contribution is -0.274. The summed E-state index contributed by atoms with van der Waals surface area (Å²) in [6, 6.07) is 12.4. The summed E-state index contributed by atoms with van der Waals surface area (Å²) in [5.41, 5.74) is -2.62. The Kier molecular flexibility index (Phi) is 7.75. The van der Waals surface area contributed by atoms with Gasteiger partial charge in [0.2, 0.25) is 0 Å². The average Bonchev–Trinajstić information content (AvgIpc) is 2.90. The van der Waals surface area contributed by atoms with Crippen molar-refractivity contribution < 1.29 is 42.1 Å². The number of hydrogen-bond acceptors (Lipinski definition) is 6. The van der Waals surface area contributed by atoms with Crippen molar-refractivity contribution in [1.29, 1.82) is 0 Å². The molecular formula is C27H22Cl2F3NO6. The van der Waals surface area contributed by atoms with E-state index in [0.717, 1.165) is 19.2 Å². The van der Waals surface area contributed by atoms with E-state index < -0.39 is 35.3 Å². The number of carbonyl (C=O) groups is 2. The summed E-state index contributed by atoms with van der Waals surface area (Å²) in [6.07, 6.45) is -6.06. The van der Waals surface area contributed by atoms with Crippen molar-refractivity contribution in [2.24, 2.45) is 0 Å². The lowest BCUT2D eigenvalue weighted by atomic mass is 9.77. The zero-order valence-corrected chi connectivity index (χ0v) is 22.3. The molecule has 1 aliphatic rings. The number of benzene rings is 3. The molecule has 3 aromatic rings. The number of nitrogens with zero attached hydrogens (tertiary/aromatic N) is 1. The molecule has 0 saturated carbocycles. The second-order valence-electron chi connectivity index (χ2n) is 8.85. The van der Waals surface area contributed by atoms with Crippen molar-refractivity contribution in [2.45, 2.75) is 24.6 Å². The summed E-state index contributed by atoms with van der Waals surface area (Å²) < 4.78 is 58.3. The fourth-order valence-corrected chi connectivity index (χ4v) is 4.91. The maximum Gasteiger partial charge on any atom is 0.513 e. The van der Waals surface area contributed by atoms with Gasteiger partial charge in [-0.15, -0.1) is 0 Å². The van der Waals surface area contributed by atoms with E-state index >= 15 is 0 Å². The molecule has 4 rings (SSSR count). The molecule has 12 heteroatoms. The van der Waals surface area contributed by atoms with E-state index in [1.54, 1.807) is 6.07 Å². The summed E-state index contributed by atoms with van der Waals surface area (Å²) in [6.45, 7) is 0.978. The number of halogens is 5. The molecule has 1 aliphatic heterocycles. The Bertz CT molecular complexity index is 1450. The van der Waals surface area contributed by atoms with E-state index in [4.69, 9.17) is 32.7 Å². The normalized spacial score (nSPS) is 15.6. The van der Waals surface area contributed by atoms with E-state index in [2.05, 4.69) is 4.74 Å². The Morgan fingerprint density at radius 1 is 1.05 bits per heavy atom. The number of amides is 1. The minimum atomic E-state index is -5.11. The van der Waals surface area contributed by atoms with Gasteiger partial charge in [-0.05, 0) is 52.6 Å². The maximum absolute atomic E-state index is 14.5. The van der Waals surface area contributed by atoms with Crippen LogP contribution in [0.25, 0.3) is 11.1 Å². The van der Waals surface area contributed by atoms with Gasteiger partial charge in [-0.3, -0.25) is 4.79 Å². The molecule has 2 atom stereocenters. The predicted octanol–water partition coefficient (Wildman–Crippen LogP) is 6.71. The van der Waals surface area contributed by atoms with Gasteiger partial charge in [0, 0.05) is 18.0 Å². The first-order valence-electron chi connectivity index (χ1n) is 11.5. The van der Waals surface area contributed by atoms with Crippen LogP contribution < -0.4 is 14.4 Å². The fourth-order valence-electron chi connectivity index (χ4n) is 4.35. The summed E-state index contributed by atoms with van der Waals surface area (Å²) in [5.74, 6) is -1.71. The molecular weight excluding hydrogens is 562 g/mol. The van der Waals surface area contributed by atoms with Crippen LogP contribution in [-0.2, 0) is 15.1 Å². The molecule has 39 heavy (non-hydrogen) atoms. The number of hydrogen-bond donors (Lipinski definition) is 1. The number of fused-ring (bicyclic) bond motifs is 1. The van der Waals surface area contributed by atoms with Crippen LogP contribution >= 0.6 is 23.2 Å². The van der Waals surface area contributed by atoms with Crippen LogP contribution in [0.2, 0.25) is 10.0 Å². The highest BCUT2D eigenvalue weighted by atomic mass is 35.5. The van der Waals surface area contributed by atoms with E-state index in [-0.39, 0.29) is 39.4 Å². The van der Waals surface area contributed by atoms with Crippen molar-refractivity contribution in [1.82, 2.24) is 0 Å². The van der Waals surface area contributed by atoms with Crippen molar-refractivity contribution in [3.8, 4) is 22.6 Å². The molecule has 3 aromatic carbocycles. The fraction of sp³-hybridized carbons (Fsp3) is 0.259. The monoisotopic (exact) mass is 583 g/mol. The average molecular weight is 584 g/mol. The van der Waals surface area contributed by atoms with Crippen molar-refractivity contribution in [3.63, 3.8) is 0 Å². The molecule has 0 saturated heterocycles. The van der Waals surface area contributed by atoms with Crippen LogP contribution in [0.1, 0.15) is 24.0 Å². The third-order valence-corrected chi connectivity index (χ3v) is 7.26. The summed E-state index contributed by atoms with van der Waals surface area (Å²) in [7, 11) is 2.56. The second-order valence-corrected chi connectivity index (χ2v) is 9.66. The van der Waals surface area contributed by atoms with Gasteiger partial charge in [-0.25, -0.2) is 4.79 Å². The quantitative estimate of drug-likeness (QED) is 0.265. The Morgan fingerprint density at radius 2 is 1.69 bits per heavy atom. The van der Waals surface area contributed by atoms with Gasteiger partial charge >= 0.3 is 12.3 Å². The lowest BCUT2D eigenvalue weighted by Crippen LogP contribution is -2.47. The summed E-state index contributed by atoms with van der Waals surface area (Å²) in [5, 5.41) is 11.3. The highest BCUT2D eigenvalue weighted by Crippen LogP contribution is 2.51. The topological polar surface area (TPSA) is 85.3 Å². The number of alkyl halides is 3. The largest absolute Gasteiger partial charge is 0.513 e. The molecule has 2 unspecified atom stereocenters. The molecule has 1 N–H and O–H groups in total. The summed E-state index contributed by atoms with van der Waals surface area (Å²) in [4.78, 5) is 24.6. The second kappa shape index (κ2) is 10.6. The molecule has 0 spiro atoms. The molecule has 0 aromatic heterocycles. The third-order valence-electron chi connectivity index (χ3n) is 6.64. The third kappa shape index (κ3) is 5.24. The standard InChI is InChI=1S/C27H22Cl2F3NO6/c1-14(26(36,27(30,31)32)17-6-9-23-21(12-17)33(2)24(34)13-38-23)18-7-4-15(10-19(18)28)16-5-8-22(20(29)11-16)39-25(35)37-3/h4-12,14,36H,13H2,1-3H3. The lowest BCUT2D eigenvalue weighted by Gasteiger charge is -2.38. The number of rotatable bonds is 5. The Labute approximate surface area is 231 Å². The van der Waals surface area contributed by atoms with E-state index in [1.807, 2.05) is 0 Å². The first-order valence-corrected chi connectivity index (χ1v) is 12.2. The number of methoxy groups -OCH3 is 1. The number of ether oxygens (including phenoxy) is 3. The minimum absolute atomic E-state index is 0.0257. The smallest absolute Gasteiger partial charge is 0.482 e. The van der Waals surface area contributed by atoms with Gasteiger partial charge < -0.3 is 24.2 Å². The van der Waals surface area contributed by atoms with Gasteiger partial charge in [0.1, 0.15) is 5.75 Å². The van der Waals surface area contributed by atoms with Crippen LogP contribution in [0.4, 0.5) is 23.7 Å². The van der Waals surface area contributed by atoms with Crippen molar-refractivity contribution >= 4 is 41.0 Å². The molecule has 1 amide bonds. The molecule has 0 bridgehead atoms. The Morgan fingerprint density at radius 3 is 2.28 bits per heavy atom. The first-order chi connectivity index (χ1) is 18.3. The first kappa shape index (κ1) is 28.5. The molecule has 1 heterocycles. The van der Waals surface area contributed by atoms with Gasteiger partial charge in [-0.2, -0.15) is 13.2 Å². The van der Waals surface area contributed by atoms with Crippen LogP contribution in [0.3, 0.4) is 0 Å². The predicted molar refractivity (Wildman–Crippen MR) is 139 cm³/mol. The Hall–Kier alpha value is -3.47. The van der Waals surface area contributed by atoms with Gasteiger partial charge in [0.05, 0.1) is 17.8 Å². The molecule has 7 nitrogen and oxygen atoms in total. The number of likely N-dealkylation sites (N-methyl/N-ethyl adjacent to an activating group) is 1. The summed E-state index contributed by atoms with van der Waals surface area (Å²) >= 11 is 12.7. The molecule has 0 fully saturated rings. The highest BCUT2D eigenvalue weighted by Gasteiger charge is 2.59. The van der Waals surface area contributed by atoms with Crippen LogP contribution in [0.5, 0.6) is 11.5 Å². The molecule has 0 radical (unpaired) electrons. The van der Waals surface area contributed by atoms with E-state index in [1.165, 1.54) is 55.3 Å². The van der Waals surface area contributed by atoms with Crippen molar-refractivity contribution in [2.75, 3.05) is 25.7 Å². The van der Waals surface area contributed by atoms with Crippen LogP contribution in [0.15, 0.2) is 54.6 Å². The maximum atomic E-state index is 14.5. The molecule has 206 valence electrons. The highest BCUT2D eigenvalue weighted by molar-refractivity contribution is 6.32. The Balaban J connectivity index is 1.71. The number of anilines is 1. The number of carbonyl (C=O) groups excluding carboxylic acids is 2. The van der Waals surface area contributed by atoms with Crippen LogP contribution in [-0.4, -0.2) is 44.1 Å². The van der Waals surface area contributed by atoms with Gasteiger partial charge in [-0.1, -0.05) is 54.4 Å². The van der Waals surface area contributed by atoms with Gasteiger partial charge in [0.25, 0.3) is 5.91 Å². The SMILES string of the molecule is COC(=O)Oc1ccc(-c2ccc(C(C)C(O)(c3ccc4c(c3)N(C)C(=O)CO4)C(F)(F)F)c(Cl)c2)cc1Cl.